The number of para-hydroxylation sites is 2. The van der Waals surface area contributed by atoms with Crippen LogP contribution in [-0.2, 0) is 18.5 Å². The van der Waals surface area contributed by atoms with E-state index in [1.807, 2.05) is 72.8 Å². The highest BCUT2D eigenvalue weighted by Gasteiger charge is 2.25. The quantitative estimate of drug-likeness (QED) is 0.249. The molecule has 4 N–H and O–H groups in total. The van der Waals surface area contributed by atoms with Gasteiger partial charge < -0.3 is 20.8 Å². The maximum atomic E-state index is 10.4. The van der Waals surface area contributed by atoms with Crippen molar-refractivity contribution in [2.45, 2.75) is 32.4 Å². The Labute approximate surface area is 195 Å². The van der Waals surface area contributed by atoms with E-state index in [9.17, 15) is 10.2 Å². The van der Waals surface area contributed by atoms with E-state index in [2.05, 4.69) is 36.6 Å². The Kier molecular flexibility index (Phi) is 6.55. The SMILES string of the molecule is CC(C)(c1ccc(O)c(CNc2ccccc2)c1)c1ccc(O)c(CNc2ccccc2)c1. The van der Waals surface area contributed by atoms with Gasteiger partial charge in [-0.2, -0.15) is 0 Å². The highest BCUT2D eigenvalue weighted by atomic mass is 16.3. The molecule has 0 aromatic heterocycles. The number of benzene rings is 4. The molecule has 0 unspecified atom stereocenters. The highest BCUT2D eigenvalue weighted by molar-refractivity contribution is 5.50. The van der Waals surface area contributed by atoms with E-state index in [4.69, 9.17) is 0 Å². The van der Waals surface area contributed by atoms with Crippen LogP contribution in [0.5, 0.6) is 11.5 Å². The van der Waals surface area contributed by atoms with E-state index >= 15 is 0 Å². The second-order valence-corrected chi connectivity index (χ2v) is 8.75. The predicted molar refractivity (Wildman–Crippen MR) is 136 cm³/mol. The fraction of sp³-hybridized carbons (Fsp3) is 0.172. The van der Waals surface area contributed by atoms with Crippen molar-refractivity contribution in [3.8, 4) is 11.5 Å². The maximum absolute atomic E-state index is 10.4. The van der Waals surface area contributed by atoms with Gasteiger partial charge in [-0.15, -0.1) is 0 Å². The third-order valence-corrected chi connectivity index (χ3v) is 6.12. The molecule has 0 spiro atoms. The van der Waals surface area contributed by atoms with Gasteiger partial charge >= 0.3 is 0 Å². The third-order valence-electron chi connectivity index (χ3n) is 6.12. The monoisotopic (exact) mass is 438 g/mol. The Balaban J connectivity index is 1.56. The van der Waals surface area contributed by atoms with Gasteiger partial charge in [-0.1, -0.05) is 62.4 Å². The molecule has 4 rings (SSSR count). The molecule has 0 aliphatic heterocycles. The number of anilines is 2. The fourth-order valence-electron chi connectivity index (χ4n) is 3.90. The molecule has 4 aromatic rings. The minimum atomic E-state index is -0.315. The van der Waals surface area contributed by atoms with E-state index in [1.165, 1.54) is 0 Å². The molecule has 4 aromatic carbocycles. The Morgan fingerprint density at radius 2 is 0.970 bits per heavy atom. The molecule has 0 radical (unpaired) electrons. The van der Waals surface area contributed by atoms with Gasteiger partial charge in [-0.3, -0.25) is 0 Å². The van der Waals surface area contributed by atoms with Gasteiger partial charge in [0.05, 0.1) is 0 Å². The summed E-state index contributed by atoms with van der Waals surface area (Å²) in [4.78, 5) is 0. The molecule has 0 saturated heterocycles. The van der Waals surface area contributed by atoms with E-state index in [0.717, 1.165) is 33.6 Å². The van der Waals surface area contributed by atoms with Gasteiger partial charge in [0, 0.05) is 41.0 Å². The molecule has 0 atom stereocenters. The minimum absolute atomic E-state index is 0.274. The van der Waals surface area contributed by atoms with Crippen LogP contribution in [0.3, 0.4) is 0 Å². The van der Waals surface area contributed by atoms with Gasteiger partial charge in [-0.05, 0) is 59.7 Å². The molecule has 0 bridgehead atoms. The zero-order valence-corrected chi connectivity index (χ0v) is 19.0. The number of phenols is 2. The molecule has 0 aliphatic carbocycles. The summed E-state index contributed by atoms with van der Waals surface area (Å²) in [5.74, 6) is 0.549. The van der Waals surface area contributed by atoms with Gasteiger partial charge in [-0.25, -0.2) is 0 Å². The van der Waals surface area contributed by atoms with Crippen molar-refractivity contribution >= 4 is 11.4 Å². The molecule has 4 nitrogen and oxygen atoms in total. The average molecular weight is 439 g/mol. The standard InChI is InChI=1S/C29H30N2O2/c1-29(2,23-13-15-27(32)21(17-23)19-30-25-9-5-3-6-10-25)24-14-16-28(33)22(18-24)20-31-26-11-7-4-8-12-26/h3-18,30-33H,19-20H2,1-2H3. The van der Waals surface area contributed by atoms with Crippen molar-refractivity contribution in [2.75, 3.05) is 10.6 Å². The first-order chi connectivity index (χ1) is 15.9. The molecule has 0 heterocycles. The first-order valence-electron chi connectivity index (χ1n) is 11.2. The van der Waals surface area contributed by atoms with Crippen LogP contribution in [-0.4, -0.2) is 10.2 Å². The van der Waals surface area contributed by atoms with Crippen LogP contribution in [0.2, 0.25) is 0 Å². The van der Waals surface area contributed by atoms with Crippen LogP contribution in [0.25, 0.3) is 0 Å². The van der Waals surface area contributed by atoms with E-state index in [-0.39, 0.29) is 16.9 Å². The van der Waals surface area contributed by atoms with Crippen molar-refractivity contribution in [2.24, 2.45) is 0 Å². The molecular weight excluding hydrogens is 408 g/mol. The lowest BCUT2D eigenvalue weighted by Crippen LogP contribution is -2.20. The summed E-state index contributed by atoms with van der Waals surface area (Å²) >= 11 is 0. The van der Waals surface area contributed by atoms with E-state index in [0.29, 0.717) is 13.1 Å². The van der Waals surface area contributed by atoms with Gasteiger partial charge in [0.1, 0.15) is 11.5 Å². The normalized spacial score (nSPS) is 11.2. The fourth-order valence-corrected chi connectivity index (χ4v) is 3.90. The lowest BCUT2D eigenvalue weighted by molar-refractivity contribution is 0.467. The molecule has 0 amide bonds. The summed E-state index contributed by atoms with van der Waals surface area (Å²) in [6, 6.07) is 31.5. The Bertz CT molecular complexity index is 1110. The van der Waals surface area contributed by atoms with Crippen LogP contribution >= 0.6 is 0 Å². The van der Waals surface area contributed by atoms with Crippen molar-refractivity contribution in [3.05, 3.63) is 119 Å². The number of hydrogen-bond acceptors (Lipinski definition) is 4. The summed E-state index contributed by atoms with van der Waals surface area (Å²) in [5.41, 5.74) is 5.58. The van der Waals surface area contributed by atoms with Crippen LogP contribution < -0.4 is 10.6 Å². The minimum Gasteiger partial charge on any atom is -0.508 e. The van der Waals surface area contributed by atoms with Crippen molar-refractivity contribution < 1.29 is 10.2 Å². The first kappa shape index (κ1) is 22.3. The van der Waals surface area contributed by atoms with Crippen molar-refractivity contribution in [1.29, 1.82) is 0 Å². The molecule has 0 saturated carbocycles. The van der Waals surface area contributed by atoms with Crippen LogP contribution in [0.1, 0.15) is 36.1 Å². The third kappa shape index (κ3) is 5.29. The van der Waals surface area contributed by atoms with Crippen LogP contribution in [0.4, 0.5) is 11.4 Å². The zero-order chi connectivity index (χ0) is 23.3. The molecule has 4 heteroatoms. The Morgan fingerprint density at radius 3 is 1.36 bits per heavy atom. The largest absolute Gasteiger partial charge is 0.508 e. The number of aromatic hydroxyl groups is 2. The molecule has 0 aliphatic rings. The van der Waals surface area contributed by atoms with Crippen molar-refractivity contribution in [3.63, 3.8) is 0 Å². The lowest BCUT2D eigenvalue weighted by atomic mass is 9.77. The molecule has 33 heavy (non-hydrogen) atoms. The second kappa shape index (κ2) is 9.70. The Hall–Kier alpha value is -3.92. The number of phenolic OH excluding ortho intramolecular Hbond substituents is 2. The summed E-state index contributed by atoms with van der Waals surface area (Å²) in [6.45, 7) is 5.38. The van der Waals surface area contributed by atoms with Gasteiger partial charge in [0.25, 0.3) is 0 Å². The molecule has 0 fully saturated rings. The predicted octanol–water partition coefficient (Wildman–Crippen LogP) is 6.65. The first-order valence-corrected chi connectivity index (χ1v) is 11.2. The number of hydrogen-bond donors (Lipinski definition) is 4. The smallest absolute Gasteiger partial charge is 0.120 e. The van der Waals surface area contributed by atoms with E-state index < -0.39 is 0 Å². The van der Waals surface area contributed by atoms with Gasteiger partial charge in [0.15, 0.2) is 0 Å². The zero-order valence-electron chi connectivity index (χ0n) is 19.0. The highest BCUT2D eigenvalue weighted by Crippen LogP contribution is 2.36. The average Bonchev–Trinajstić information content (AvgIpc) is 2.84. The van der Waals surface area contributed by atoms with Crippen LogP contribution in [0.15, 0.2) is 97.1 Å². The van der Waals surface area contributed by atoms with Crippen molar-refractivity contribution in [1.82, 2.24) is 0 Å². The molecule has 168 valence electrons. The topological polar surface area (TPSA) is 64.5 Å². The Morgan fingerprint density at radius 1 is 0.576 bits per heavy atom. The molecular formula is C29H30N2O2. The lowest BCUT2D eigenvalue weighted by Gasteiger charge is -2.28. The second-order valence-electron chi connectivity index (χ2n) is 8.75. The van der Waals surface area contributed by atoms with Gasteiger partial charge in [0.2, 0.25) is 0 Å². The summed E-state index contributed by atoms with van der Waals surface area (Å²) in [7, 11) is 0. The number of rotatable bonds is 8. The summed E-state index contributed by atoms with van der Waals surface area (Å²) in [6.07, 6.45) is 0. The van der Waals surface area contributed by atoms with E-state index in [1.54, 1.807) is 12.1 Å². The summed E-state index contributed by atoms with van der Waals surface area (Å²) < 4.78 is 0. The van der Waals surface area contributed by atoms with Crippen LogP contribution in [0, 0.1) is 0 Å². The summed E-state index contributed by atoms with van der Waals surface area (Å²) in [5, 5.41) is 27.6. The maximum Gasteiger partial charge on any atom is 0.120 e. The number of nitrogens with one attached hydrogen (secondary N) is 2.